The molecule has 0 spiro atoms. The lowest BCUT2D eigenvalue weighted by Crippen LogP contribution is -1.76. The van der Waals surface area contributed by atoms with Gasteiger partial charge < -0.3 is 4.42 Å². The Morgan fingerprint density at radius 1 is 1.07 bits per heavy atom. The average Bonchev–Trinajstić information content (AvgIpc) is 2.51. The summed E-state index contributed by atoms with van der Waals surface area (Å²) in [6, 6.07) is 0. The van der Waals surface area contributed by atoms with Crippen LogP contribution < -0.4 is 0 Å². The van der Waals surface area contributed by atoms with Crippen molar-refractivity contribution in [2.24, 2.45) is 0 Å². The van der Waals surface area contributed by atoms with Crippen molar-refractivity contribution < 1.29 is 4.42 Å². The van der Waals surface area contributed by atoms with Crippen LogP contribution in [0.5, 0.6) is 0 Å². The standard InChI is InChI=1S/C9H13NO.2C2H6/c1-6(2)5-9-7(3)11-8(4)10-9;2*1-2/h5H,1-4H3;2*1-2H3. The largest absolute Gasteiger partial charge is 0.446 e. The van der Waals surface area contributed by atoms with Gasteiger partial charge in [0.1, 0.15) is 11.5 Å². The van der Waals surface area contributed by atoms with E-state index in [9.17, 15) is 0 Å². The van der Waals surface area contributed by atoms with Gasteiger partial charge in [0.15, 0.2) is 5.89 Å². The number of aromatic nitrogens is 1. The number of allylic oxidation sites excluding steroid dienone is 1. The molecule has 88 valence electrons. The Balaban J connectivity index is 0. The highest BCUT2D eigenvalue weighted by atomic mass is 16.4. The normalized spacial score (nSPS) is 8.00. The fraction of sp³-hybridized carbons (Fsp3) is 0.615. The van der Waals surface area contributed by atoms with Crippen molar-refractivity contribution in [3.63, 3.8) is 0 Å². The van der Waals surface area contributed by atoms with Gasteiger partial charge in [-0.3, -0.25) is 0 Å². The fourth-order valence-electron chi connectivity index (χ4n) is 0.952. The summed E-state index contributed by atoms with van der Waals surface area (Å²) in [6.45, 7) is 15.9. The van der Waals surface area contributed by atoms with Crippen molar-refractivity contribution in [3.8, 4) is 0 Å². The molecule has 2 nitrogen and oxygen atoms in total. The van der Waals surface area contributed by atoms with Crippen molar-refractivity contribution in [1.29, 1.82) is 0 Å². The van der Waals surface area contributed by atoms with Crippen LogP contribution in [-0.2, 0) is 0 Å². The van der Waals surface area contributed by atoms with Crippen LogP contribution in [-0.4, -0.2) is 4.98 Å². The number of hydrogen-bond donors (Lipinski definition) is 0. The van der Waals surface area contributed by atoms with Crippen LogP contribution in [0, 0.1) is 13.8 Å². The van der Waals surface area contributed by atoms with Crippen LogP contribution in [0.15, 0.2) is 9.99 Å². The van der Waals surface area contributed by atoms with E-state index in [0.29, 0.717) is 0 Å². The van der Waals surface area contributed by atoms with Gasteiger partial charge in [-0.2, -0.15) is 0 Å². The van der Waals surface area contributed by atoms with E-state index >= 15 is 0 Å². The Labute approximate surface area is 94.4 Å². The molecular weight excluding hydrogens is 186 g/mol. The summed E-state index contributed by atoms with van der Waals surface area (Å²) in [5.74, 6) is 1.62. The van der Waals surface area contributed by atoms with E-state index in [-0.39, 0.29) is 0 Å². The van der Waals surface area contributed by atoms with Crippen LogP contribution in [0.4, 0.5) is 0 Å². The zero-order chi connectivity index (χ0) is 12.4. The highest BCUT2D eigenvalue weighted by Crippen LogP contribution is 2.12. The van der Waals surface area contributed by atoms with Crippen molar-refractivity contribution in [2.45, 2.75) is 55.4 Å². The van der Waals surface area contributed by atoms with Crippen LogP contribution in [0.3, 0.4) is 0 Å². The molecule has 0 aliphatic carbocycles. The van der Waals surface area contributed by atoms with Gasteiger partial charge in [0.05, 0.1) is 0 Å². The molecule has 0 aliphatic rings. The average molecular weight is 211 g/mol. The first-order valence-electron chi connectivity index (χ1n) is 5.68. The second kappa shape index (κ2) is 9.50. The van der Waals surface area contributed by atoms with E-state index < -0.39 is 0 Å². The molecule has 1 aromatic rings. The molecule has 0 saturated carbocycles. The Kier molecular flexibility index (Phi) is 10.4. The minimum absolute atomic E-state index is 0.731. The van der Waals surface area contributed by atoms with Crippen molar-refractivity contribution in [3.05, 3.63) is 22.9 Å². The van der Waals surface area contributed by atoms with Gasteiger partial charge in [-0.25, -0.2) is 4.98 Å². The predicted molar refractivity (Wildman–Crippen MR) is 68.0 cm³/mol. The fourth-order valence-corrected chi connectivity index (χ4v) is 0.952. The summed E-state index contributed by atoms with van der Waals surface area (Å²) >= 11 is 0. The summed E-state index contributed by atoms with van der Waals surface area (Å²) in [5, 5.41) is 0. The number of rotatable bonds is 1. The second-order valence-electron chi connectivity index (χ2n) is 2.90. The lowest BCUT2D eigenvalue weighted by atomic mass is 10.2. The highest BCUT2D eigenvalue weighted by Gasteiger charge is 2.01. The molecule has 0 unspecified atom stereocenters. The van der Waals surface area contributed by atoms with Gasteiger partial charge in [0.2, 0.25) is 0 Å². The van der Waals surface area contributed by atoms with E-state index in [1.165, 1.54) is 5.57 Å². The minimum atomic E-state index is 0.731. The Morgan fingerprint density at radius 2 is 1.53 bits per heavy atom. The van der Waals surface area contributed by atoms with Gasteiger partial charge in [0.25, 0.3) is 0 Å². The van der Waals surface area contributed by atoms with E-state index in [0.717, 1.165) is 17.3 Å². The molecule has 0 fully saturated rings. The van der Waals surface area contributed by atoms with E-state index in [4.69, 9.17) is 4.42 Å². The highest BCUT2D eigenvalue weighted by molar-refractivity contribution is 5.49. The first kappa shape index (κ1) is 16.4. The number of aryl methyl sites for hydroxylation is 2. The minimum Gasteiger partial charge on any atom is -0.446 e. The van der Waals surface area contributed by atoms with Gasteiger partial charge in [-0.05, 0) is 26.8 Å². The lowest BCUT2D eigenvalue weighted by Gasteiger charge is -1.87. The quantitative estimate of drug-likeness (QED) is 0.669. The van der Waals surface area contributed by atoms with Crippen LogP contribution in [0.1, 0.15) is 58.9 Å². The molecule has 0 atom stereocenters. The molecule has 1 rings (SSSR count). The maximum atomic E-state index is 5.26. The molecule has 0 amide bonds. The molecular formula is C13H25NO. The van der Waals surface area contributed by atoms with E-state index in [1.54, 1.807) is 0 Å². The summed E-state index contributed by atoms with van der Waals surface area (Å²) in [5.41, 5.74) is 2.18. The predicted octanol–water partition coefficient (Wildman–Crippen LogP) is 4.77. The monoisotopic (exact) mass is 211 g/mol. The third-order valence-corrected chi connectivity index (χ3v) is 1.36. The number of hydrogen-bond acceptors (Lipinski definition) is 2. The SMILES string of the molecule is CC.CC.CC(C)=Cc1nc(C)oc1C. The first-order valence-corrected chi connectivity index (χ1v) is 5.68. The smallest absolute Gasteiger partial charge is 0.191 e. The lowest BCUT2D eigenvalue weighted by molar-refractivity contribution is 0.494. The van der Waals surface area contributed by atoms with Gasteiger partial charge in [-0.15, -0.1) is 0 Å². The van der Waals surface area contributed by atoms with Crippen molar-refractivity contribution >= 4 is 6.08 Å². The molecule has 2 heteroatoms. The number of nitrogens with zero attached hydrogens (tertiary/aromatic N) is 1. The maximum absolute atomic E-state index is 5.26. The van der Waals surface area contributed by atoms with Crippen molar-refractivity contribution in [2.75, 3.05) is 0 Å². The molecule has 0 aromatic carbocycles. The van der Waals surface area contributed by atoms with Gasteiger partial charge in [0, 0.05) is 6.92 Å². The second-order valence-corrected chi connectivity index (χ2v) is 2.90. The summed E-state index contributed by atoms with van der Waals surface area (Å²) in [6.07, 6.45) is 2.02. The molecule has 0 radical (unpaired) electrons. The maximum Gasteiger partial charge on any atom is 0.191 e. The Hall–Kier alpha value is -1.05. The Bertz CT molecular complexity index is 281. The topological polar surface area (TPSA) is 26.0 Å². The third-order valence-electron chi connectivity index (χ3n) is 1.36. The Morgan fingerprint density at radius 3 is 1.80 bits per heavy atom. The molecule has 0 bridgehead atoms. The van der Waals surface area contributed by atoms with E-state index in [1.807, 2.05) is 61.5 Å². The van der Waals surface area contributed by atoms with Gasteiger partial charge >= 0.3 is 0 Å². The summed E-state index contributed by atoms with van der Waals surface area (Å²) in [7, 11) is 0. The van der Waals surface area contributed by atoms with Crippen molar-refractivity contribution in [1.82, 2.24) is 4.98 Å². The zero-order valence-electron chi connectivity index (χ0n) is 11.4. The molecule has 1 aromatic heterocycles. The molecule has 0 aliphatic heterocycles. The molecule has 0 N–H and O–H groups in total. The summed E-state index contributed by atoms with van der Waals surface area (Å²) < 4.78 is 5.26. The third kappa shape index (κ3) is 6.95. The van der Waals surface area contributed by atoms with Gasteiger partial charge in [-0.1, -0.05) is 33.3 Å². The molecule has 0 saturated heterocycles. The molecule has 15 heavy (non-hydrogen) atoms. The van der Waals surface area contributed by atoms with E-state index in [2.05, 4.69) is 4.98 Å². The van der Waals surface area contributed by atoms with Crippen LogP contribution in [0.25, 0.3) is 6.08 Å². The number of oxazole rings is 1. The van der Waals surface area contributed by atoms with Crippen LogP contribution in [0.2, 0.25) is 0 Å². The molecule has 1 heterocycles. The zero-order valence-corrected chi connectivity index (χ0v) is 11.4. The summed E-state index contributed by atoms with van der Waals surface area (Å²) in [4.78, 5) is 4.21. The first-order chi connectivity index (χ1) is 7.09. The van der Waals surface area contributed by atoms with Crippen LogP contribution >= 0.6 is 0 Å².